The Morgan fingerprint density at radius 3 is 2.30 bits per heavy atom. The molecule has 0 N–H and O–H groups in total. The van der Waals surface area contributed by atoms with Crippen LogP contribution < -0.4 is 0 Å². The predicted octanol–water partition coefficient (Wildman–Crippen LogP) is 5.70. The van der Waals surface area contributed by atoms with Crippen LogP contribution in [0.3, 0.4) is 0 Å². The monoisotopic (exact) mass is 379 g/mol. The average Bonchev–Trinajstić information content (AvgIpc) is 3.23. The molecule has 23 heavy (non-hydrogen) atoms. The molecule has 0 radical (unpaired) electrons. The summed E-state index contributed by atoms with van der Waals surface area (Å²) in [5, 5.41) is 11.7. The summed E-state index contributed by atoms with van der Waals surface area (Å²) in [4.78, 5) is 4.28. The van der Waals surface area contributed by atoms with E-state index in [1.807, 2.05) is 11.6 Å². The maximum atomic E-state index is 4.28. The van der Waals surface area contributed by atoms with Crippen molar-refractivity contribution >= 4 is 46.2 Å². The third-order valence-corrected chi connectivity index (χ3v) is 7.43. The molecule has 0 aliphatic heterocycles. The number of nitrogens with zero attached hydrogens (tertiary/aromatic N) is 3. The molecule has 0 atom stereocenters. The first-order valence-electron chi connectivity index (χ1n) is 7.27. The third-order valence-electron chi connectivity index (χ3n) is 3.20. The highest BCUT2D eigenvalue weighted by Crippen LogP contribution is 2.32. The van der Waals surface area contributed by atoms with Crippen molar-refractivity contribution in [2.45, 2.75) is 40.0 Å². The molecule has 0 fully saturated rings. The zero-order valence-corrected chi connectivity index (χ0v) is 16.2. The van der Waals surface area contributed by atoms with E-state index in [1.54, 1.807) is 46.2 Å². The van der Waals surface area contributed by atoms with Crippen LogP contribution in [-0.4, -0.2) is 15.2 Å². The van der Waals surface area contributed by atoms with Gasteiger partial charge in [0.05, 0.1) is 5.75 Å². The van der Waals surface area contributed by atoms with Gasteiger partial charge in [0.2, 0.25) is 0 Å². The van der Waals surface area contributed by atoms with E-state index in [1.165, 1.54) is 11.1 Å². The second kappa shape index (κ2) is 8.28. The molecule has 7 heteroatoms. The maximum Gasteiger partial charge on any atom is 0.175 e. The molecular weight excluding hydrogens is 362 g/mol. The van der Waals surface area contributed by atoms with E-state index in [0.717, 1.165) is 25.2 Å². The summed E-state index contributed by atoms with van der Waals surface area (Å²) in [6, 6.07) is 8.86. The Morgan fingerprint density at radius 1 is 1.00 bits per heavy atom. The van der Waals surface area contributed by atoms with Crippen LogP contribution in [0.2, 0.25) is 0 Å². The quantitative estimate of drug-likeness (QED) is 0.492. The normalized spacial score (nSPS) is 11.3. The summed E-state index contributed by atoms with van der Waals surface area (Å²) in [5.41, 5.74) is 2.71. The van der Waals surface area contributed by atoms with Gasteiger partial charge in [0, 0.05) is 17.3 Å². The zero-order valence-electron chi connectivity index (χ0n) is 12.9. The smallest absolute Gasteiger partial charge is 0.175 e. The largest absolute Gasteiger partial charge is 0.249 e. The Bertz CT molecular complexity index is 720. The van der Waals surface area contributed by atoms with Gasteiger partial charge in [-0.2, -0.15) is 0 Å². The minimum absolute atomic E-state index is 0.581. The first-order valence-corrected chi connectivity index (χ1v) is 10.9. The standard InChI is InChI=1S/C16H17N3S4/c1-11(2)13-5-3-12(4-6-13)9-21-15-18-19-16(23-15)22-10-14-17-7-8-20-14/h3-8,11H,9-10H2,1-2H3. The molecule has 0 saturated carbocycles. The summed E-state index contributed by atoms with van der Waals surface area (Å²) >= 11 is 6.80. The Hall–Kier alpha value is -0.890. The van der Waals surface area contributed by atoms with Crippen LogP contribution in [0.1, 0.15) is 35.9 Å². The van der Waals surface area contributed by atoms with Crippen LogP contribution in [0, 0.1) is 0 Å². The Kier molecular flexibility index (Phi) is 6.10. The highest BCUT2D eigenvalue weighted by atomic mass is 32.2. The highest BCUT2D eigenvalue weighted by molar-refractivity contribution is 8.02. The van der Waals surface area contributed by atoms with Crippen LogP contribution in [0.4, 0.5) is 0 Å². The molecule has 0 spiro atoms. The Balaban J connectivity index is 1.50. The van der Waals surface area contributed by atoms with Gasteiger partial charge in [-0.05, 0) is 17.0 Å². The molecular formula is C16H17N3S4. The van der Waals surface area contributed by atoms with Crippen molar-refractivity contribution in [3.8, 4) is 0 Å². The van der Waals surface area contributed by atoms with Crippen LogP contribution in [-0.2, 0) is 11.5 Å². The van der Waals surface area contributed by atoms with Crippen molar-refractivity contribution in [2.24, 2.45) is 0 Å². The molecule has 3 aromatic rings. The van der Waals surface area contributed by atoms with Crippen LogP contribution in [0.25, 0.3) is 0 Å². The topological polar surface area (TPSA) is 38.7 Å². The van der Waals surface area contributed by atoms with E-state index in [4.69, 9.17) is 0 Å². The lowest BCUT2D eigenvalue weighted by molar-refractivity contribution is 0.866. The van der Waals surface area contributed by atoms with Crippen LogP contribution >= 0.6 is 46.2 Å². The van der Waals surface area contributed by atoms with E-state index in [2.05, 4.69) is 53.3 Å². The van der Waals surface area contributed by atoms with Gasteiger partial charge < -0.3 is 0 Å². The van der Waals surface area contributed by atoms with Crippen molar-refractivity contribution in [2.75, 3.05) is 0 Å². The molecule has 0 aliphatic rings. The Morgan fingerprint density at radius 2 is 1.70 bits per heavy atom. The van der Waals surface area contributed by atoms with Crippen molar-refractivity contribution in [3.05, 3.63) is 52.0 Å². The third kappa shape index (κ3) is 5.04. The summed E-state index contributed by atoms with van der Waals surface area (Å²) in [5.74, 6) is 2.38. The van der Waals surface area contributed by atoms with Crippen molar-refractivity contribution in [1.82, 2.24) is 15.2 Å². The lowest BCUT2D eigenvalue weighted by Gasteiger charge is -2.05. The predicted molar refractivity (Wildman–Crippen MR) is 102 cm³/mol. The molecule has 3 nitrogen and oxygen atoms in total. The van der Waals surface area contributed by atoms with Crippen molar-refractivity contribution < 1.29 is 0 Å². The van der Waals surface area contributed by atoms with E-state index >= 15 is 0 Å². The number of thioether (sulfide) groups is 2. The van der Waals surface area contributed by atoms with E-state index in [-0.39, 0.29) is 0 Å². The first-order chi connectivity index (χ1) is 11.2. The summed E-state index contributed by atoms with van der Waals surface area (Å²) in [7, 11) is 0. The van der Waals surface area contributed by atoms with Gasteiger partial charge in [0.15, 0.2) is 8.68 Å². The minimum atomic E-state index is 0.581. The van der Waals surface area contributed by atoms with Gasteiger partial charge in [-0.1, -0.05) is 73.0 Å². The van der Waals surface area contributed by atoms with E-state index < -0.39 is 0 Å². The lowest BCUT2D eigenvalue weighted by atomic mass is 10.0. The molecule has 3 rings (SSSR count). The van der Waals surface area contributed by atoms with E-state index in [9.17, 15) is 0 Å². The molecule has 1 aromatic carbocycles. The molecule has 0 bridgehead atoms. The van der Waals surface area contributed by atoms with Gasteiger partial charge in [-0.25, -0.2) is 4.98 Å². The van der Waals surface area contributed by atoms with Gasteiger partial charge in [0.25, 0.3) is 0 Å². The summed E-state index contributed by atoms with van der Waals surface area (Å²) in [6.07, 6.45) is 1.84. The SMILES string of the molecule is CC(C)c1ccc(CSc2nnc(SCc3nccs3)s2)cc1. The molecule has 0 aliphatic carbocycles. The summed E-state index contributed by atoms with van der Waals surface area (Å²) < 4.78 is 2.04. The number of aromatic nitrogens is 3. The van der Waals surface area contributed by atoms with Crippen LogP contribution in [0.15, 0.2) is 44.5 Å². The van der Waals surface area contributed by atoms with Gasteiger partial charge in [-0.15, -0.1) is 21.5 Å². The fraction of sp³-hybridized carbons (Fsp3) is 0.312. The second-order valence-corrected chi connectivity index (χ2v) is 9.63. The first kappa shape index (κ1) is 17.0. The molecule has 0 unspecified atom stereocenters. The minimum Gasteiger partial charge on any atom is -0.249 e. The lowest BCUT2D eigenvalue weighted by Crippen LogP contribution is -1.87. The molecule has 0 saturated heterocycles. The van der Waals surface area contributed by atoms with Crippen molar-refractivity contribution in [3.63, 3.8) is 0 Å². The Labute approximate surface area is 153 Å². The van der Waals surface area contributed by atoms with Crippen molar-refractivity contribution in [1.29, 1.82) is 0 Å². The number of hydrogen-bond acceptors (Lipinski definition) is 7. The molecule has 2 heterocycles. The molecule has 2 aromatic heterocycles. The number of benzene rings is 1. The van der Waals surface area contributed by atoms with Gasteiger partial charge in [-0.3, -0.25) is 0 Å². The fourth-order valence-electron chi connectivity index (χ4n) is 1.91. The van der Waals surface area contributed by atoms with Gasteiger partial charge in [0.1, 0.15) is 5.01 Å². The van der Waals surface area contributed by atoms with Crippen LogP contribution in [0.5, 0.6) is 0 Å². The maximum absolute atomic E-state index is 4.28. The number of rotatable bonds is 7. The zero-order chi connectivity index (χ0) is 16.1. The number of thiazole rings is 1. The fourth-order valence-corrected chi connectivity index (χ4v) is 5.53. The second-order valence-electron chi connectivity index (χ2n) is 5.23. The molecule has 0 amide bonds. The highest BCUT2D eigenvalue weighted by Gasteiger charge is 2.07. The van der Waals surface area contributed by atoms with E-state index in [0.29, 0.717) is 5.92 Å². The molecule has 120 valence electrons. The average molecular weight is 380 g/mol. The number of hydrogen-bond donors (Lipinski definition) is 0. The summed E-state index contributed by atoms with van der Waals surface area (Å²) in [6.45, 7) is 4.44. The van der Waals surface area contributed by atoms with Gasteiger partial charge >= 0.3 is 0 Å².